The van der Waals surface area contributed by atoms with E-state index in [0.29, 0.717) is 0 Å². The second-order valence-electron chi connectivity index (χ2n) is 8.99. The third-order valence-corrected chi connectivity index (χ3v) is 5.91. The van der Waals surface area contributed by atoms with Crippen molar-refractivity contribution in [3.63, 3.8) is 0 Å². The average molecular weight is 439 g/mol. The Balaban J connectivity index is 1.56. The Kier molecular flexibility index (Phi) is 6.87. The van der Waals surface area contributed by atoms with Gasteiger partial charge in [-0.1, -0.05) is 55.5 Å². The van der Waals surface area contributed by atoms with E-state index < -0.39 is 23.4 Å². The second kappa shape index (κ2) is 9.42. The molecule has 3 rings (SSSR count). The van der Waals surface area contributed by atoms with Crippen LogP contribution in [0.5, 0.6) is 0 Å². The molecule has 0 radical (unpaired) electrons. The Labute approximate surface area is 188 Å². The van der Waals surface area contributed by atoms with Gasteiger partial charge in [0.25, 0.3) is 0 Å². The van der Waals surface area contributed by atoms with Crippen molar-refractivity contribution < 1.29 is 24.2 Å². The molecular formula is C25H30N2O5. The molecule has 0 aromatic heterocycles. The monoisotopic (exact) mass is 438 g/mol. The molecule has 1 atom stereocenters. The Hall–Kier alpha value is -3.35. The highest BCUT2D eigenvalue weighted by molar-refractivity contribution is 5.83. The summed E-state index contributed by atoms with van der Waals surface area (Å²) in [6.07, 6.45) is -0.589. The van der Waals surface area contributed by atoms with Crippen LogP contribution in [-0.4, -0.2) is 54.7 Å². The van der Waals surface area contributed by atoms with Gasteiger partial charge < -0.3 is 20.1 Å². The Bertz CT molecular complexity index is 971. The van der Waals surface area contributed by atoms with Crippen molar-refractivity contribution in [3.8, 4) is 11.1 Å². The van der Waals surface area contributed by atoms with Gasteiger partial charge in [-0.25, -0.2) is 4.79 Å². The van der Waals surface area contributed by atoms with Crippen molar-refractivity contribution in [2.45, 2.75) is 26.7 Å². The Morgan fingerprint density at radius 3 is 2.12 bits per heavy atom. The number of carboxylic acids is 1. The van der Waals surface area contributed by atoms with Gasteiger partial charge in [-0.05, 0) is 36.1 Å². The van der Waals surface area contributed by atoms with Crippen molar-refractivity contribution in [1.82, 2.24) is 10.2 Å². The normalized spacial score (nSPS) is 13.6. The topological polar surface area (TPSA) is 95.9 Å². The van der Waals surface area contributed by atoms with E-state index in [9.17, 15) is 14.4 Å². The number of hydrogen-bond donors (Lipinski definition) is 2. The van der Waals surface area contributed by atoms with Gasteiger partial charge in [-0.2, -0.15) is 0 Å². The summed E-state index contributed by atoms with van der Waals surface area (Å²) in [7, 11) is 1.57. The summed E-state index contributed by atoms with van der Waals surface area (Å²) in [6, 6.07) is 16.2. The molecule has 2 amide bonds. The van der Waals surface area contributed by atoms with Crippen LogP contribution in [0.3, 0.4) is 0 Å². The first kappa shape index (κ1) is 23.3. The number of carbonyl (C=O) groups excluding carboxylic acids is 2. The lowest BCUT2D eigenvalue weighted by atomic mass is 9.91. The molecule has 0 heterocycles. The summed E-state index contributed by atoms with van der Waals surface area (Å²) >= 11 is 0. The van der Waals surface area contributed by atoms with Gasteiger partial charge in [-0.15, -0.1) is 0 Å². The maximum atomic E-state index is 12.7. The molecule has 7 heteroatoms. The number of fused-ring (bicyclic) bond motifs is 3. The lowest BCUT2D eigenvalue weighted by Crippen LogP contribution is -2.47. The third kappa shape index (κ3) is 4.93. The van der Waals surface area contributed by atoms with E-state index >= 15 is 0 Å². The van der Waals surface area contributed by atoms with Crippen LogP contribution in [-0.2, 0) is 14.3 Å². The van der Waals surface area contributed by atoms with Crippen molar-refractivity contribution in [1.29, 1.82) is 0 Å². The number of aliphatic carboxylic acids is 1. The molecule has 2 aromatic rings. The van der Waals surface area contributed by atoms with Gasteiger partial charge >= 0.3 is 12.1 Å². The maximum absolute atomic E-state index is 12.7. The molecule has 2 N–H and O–H groups in total. The van der Waals surface area contributed by atoms with Gasteiger partial charge in [-0.3, -0.25) is 9.59 Å². The summed E-state index contributed by atoms with van der Waals surface area (Å²) in [5, 5.41) is 11.7. The summed E-state index contributed by atoms with van der Waals surface area (Å²) in [4.78, 5) is 37.5. The number of ether oxygens (including phenoxy) is 1. The van der Waals surface area contributed by atoms with E-state index in [-0.39, 0.29) is 31.5 Å². The van der Waals surface area contributed by atoms with E-state index in [0.717, 1.165) is 22.3 Å². The Morgan fingerprint density at radius 2 is 1.59 bits per heavy atom. The predicted octanol–water partition coefficient (Wildman–Crippen LogP) is 3.73. The van der Waals surface area contributed by atoms with E-state index in [1.165, 1.54) is 4.90 Å². The van der Waals surface area contributed by atoms with Gasteiger partial charge in [0.05, 0.1) is 11.3 Å². The van der Waals surface area contributed by atoms with Crippen LogP contribution in [0.1, 0.15) is 37.8 Å². The fraction of sp³-hybridized carbons (Fsp3) is 0.400. The van der Waals surface area contributed by atoms with Gasteiger partial charge in [0, 0.05) is 26.1 Å². The molecule has 0 bridgehead atoms. The molecule has 1 aliphatic carbocycles. The number of benzene rings is 2. The predicted molar refractivity (Wildman–Crippen MR) is 121 cm³/mol. The zero-order valence-corrected chi connectivity index (χ0v) is 18.9. The molecule has 2 aromatic carbocycles. The fourth-order valence-corrected chi connectivity index (χ4v) is 4.11. The van der Waals surface area contributed by atoms with Crippen LogP contribution >= 0.6 is 0 Å². The van der Waals surface area contributed by atoms with E-state index in [2.05, 4.69) is 29.6 Å². The van der Waals surface area contributed by atoms with Gasteiger partial charge in [0.2, 0.25) is 5.91 Å². The number of carboxylic acid groups (broad SMARTS) is 1. The van der Waals surface area contributed by atoms with Crippen LogP contribution in [0.25, 0.3) is 11.1 Å². The van der Waals surface area contributed by atoms with Crippen LogP contribution < -0.4 is 5.32 Å². The molecule has 0 spiro atoms. The Morgan fingerprint density at radius 1 is 1.06 bits per heavy atom. The van der Waals surface area contributed by atoms with E-state index in [1.54, 1.807) is 27.8 Å². The summed E-state index contributed by atoms with van der Waals surface area (Å²) in [6.45, 7) is 5.34. The SMILES string of the molecule is CC(CN(C)C(=O)C(C)(C)CNC(=O)OCC1c2ccccc2-c2ccccc21)C(=O)O. The molecular weight excluding hydrogens is 408 g/mol. The summed E-state index contributed by atoms with van der Waals surface area (Å²) in [5.74, 6) is -1.91. The fourth-order valence-electron chi connectivity index (χ4n) is 4.11. The first-order chi connectivity index (χ1) is 15.1. The average Bonchev–Trinajstić information content (AvgIpc) is 3.09. The molecule has 7 nitrogen and oxygen atoms in total. The minimum atomic E-state index is -0.959. The second-order valence-corrected chi connectivity index (χ2v) is 8.99. The molecule has 32 heavy (non-hydrogen) atoms. The van der Waals surface area contributed by atoms with Crippen LogP contribution in [0, 0.1) is 11.3 Å². The first-order valence-corrected chi connectivity index (χ1v) is 10.7. The highest BCUT2D eigenvalue weighted by atomic mass is 16.5. The minimum Gasteiger partial charge on any atom is -0.481 e. The van der Waals surface area contributed by atoms with Crippen molar-refractivity contribution >= 4 is 18.0 Å². The van der Waals surface area contributed by atoms with Crippen LogP contribution in [0.4, 0.5) is 4.79 Å². The molecule has 0 aliphatic heterocycles. The molecule has 1 aliphatic rings. The quantitative estimate of drug-likeness (QED) is 0.655. The standard InChI is InChI=1S/C25H30N2O5/c1-16(22(28)29)13-27(4)23(30)25(2,3)15-26-24(31)32-14-21-19-11-7-5-9-17(19)18-10-6-8-12-20(18)21/h5-12,16,21H,13-15H2,1-4H3,(H,26,31)(H,28,29). The number of carbonyl (C=O) groups is 3. The highest BCUT2D eigenvalue weighted by Crippen LogP contribution is 2.44. The van der Waals surface area contributed by atoms with E-state index in [4.69, 9.17) is 9.84 Å². The lowest BCUT2D eigenvalue weighted by molar-refractivity contribution is -0.144. The summed E-state index contributed by atoms with van der Waals surface area (Å²) < 4.78 is 5.52. The number of hydrogen-bond acceptors (Lipinski definition) is 4. The van der Waals surface area contributed by atoms with E-state index in [1.807, 2.05) is 24.3 Å². The van der Waals surface area contributed by atoms with Gasteiger partial charge in [0.15, 0.2) is 0 Å². The van der Waals surface area contributed by atoms with Crippen molar-refractivity contribution in [3.05, 3.63) is 59.7 Å². The summed E-state index contributed by atoms with van der Waals surface area (Å²) in [5.41, 5.74) is 3.67. The largest absolute Gasteiger partial charge is 0.481 e. The van der Waals surface area contributed by atoms with Crippen molar-refractivity contribution in [2.75, 3.05) is 26.7 Å². The minimum absolute atomic E-state index is 0.0357. The first-order valence-electron chi connectivity index (χ1n) is 10.7. The van der Waals surface area contributed by atoms with Crippen LogP contribution in [0.2, 0.25) is 0 Å². The van der Waals surface area contributed by atoms with Crippen molar-refractivity contribution in [2.24, 2.45) is 11.3 Å². The zero-order valence-electron chi connectivity index (χ0n) is 18.9. The third-order valence-electron chi connectivity index (χ3n) is 5.91. The maximum Gasteiger partial charge on any atom is 0.407 e. The lowest BCUT2D eigenvalue weighted by Gasteiger charge is -2.30. The molecule has 1 unspecified atom stereocenters. The number of nitrogens with zero attached hydrogens (tertiary/aromatic N) is 1. The number of nitrogens with one attached hydrogen (secondary N) is 1. The number of amides is 2. The molecule has 0 saturated heterocycles. The smallest absolute Gasteiger partial charge is 0.407 e. The van der Waals surface area contributed by atoms with Crippen LogP contribution in [0.15, 0.2) is 48.5 Å². The molecule has 170 valence electrons. The molecule has 0 saturated carbocycles. The van der Waals surface area contributed by atoms with Gasteiger partial charge in [0.1, 0.15) is 6.61 Å². The number of alkyl carbamates (subject to hydrolysis) is 1. The zero-order chi connectivity index (χ0) is 23.5. The molecule has 0 fully saturated rings. The number of rotatable bonds is 8. The highest BCUT2D eigenvalue weighted by Gasteiger charge is 2.33.